The highest BCUT2D eigenvalue weighted by molar-refractivity contribution is 6.34. The molecule has 0 saturated heterocycles. The molecule has 0 unspecified atom stereocenters. The minimum absolute atomic E-state index is 0.259. The quantitative estimate of drug-likeness (QED) is 0.505. The van der Waals surface area contributed by atoms with Crippen molar-refractivity contribution < 1.29 is 23.9 Å². The fourth-order valence-electron chi connectivity index (χ4n) is 3.33. The first-order valence-electron chi connectivity index (χ1n) is 9.66. The zero-order valence-corrected chi connectivity index (χ0v) is 16.6. The Kier molecular flexibility index (Phi) is 5.32. The molecule has 1 aliphatic rings. The van der Waals surface area contributed by atoms with Gasteiger partial charge in [-0.2, -0.15) is 0 Å². The third kappa shape index (κ3) is 3.81. The van der Waals surface area contributed by atoms with E-state index in [1.54, 1.807) is 61.5 Å². The molecule has 4 rings (SSSR count). The summed E-state index contributed by atoms with van der Waals surface area (Å²) in [5.74, 6) is -1.65. The number of rotatable bonds is 5. The zero-order chi connectivity index (χ0) is 22.0. The lowest BCUT2D eigenvalue weighted by molar-refractivity contribution is 0.0526. The number of amides is 3. The summed E-state index contributed by atoms with van der Waals surface area (Å²) in [5.41, 5.74) is 2.21. The zero-order valence-electron chi connectivity index (χ0n) is 16.6. The molecule has 0 spiro atoms. The van der Waals surface area contributed by atoms with E-state index in [4.69, 9.17) is 4.74 Å². The van der Waals surface area contributed by atoms with Crippen LogP contribution in [0.5, 0.6) is 0 Å². The van der Waals surface area contributed by atoms with E-state index in [1.807, 2.05) is 0 Å². The SMILES string of the molecule is CCOC(=O)c1cccc(NC(=O)c2ccc(N3C(=O)c4ccccc4C3=O)cc2)c1. The Morgan fingerprint density at radius 3 is 2.10 bits per heavy atom. The lowest BCUT2D eigenvalue weighted by Crippen LogP contribution is -2.29. The van der Waals surface area contributed by atoms with Crippen LogP contribution >= 0.6 is 0 Å². The summed E-state index contributed by atoms with van der Waals surface area (Å²) in [7, 11) is 0. The van der Waals surface area contributed by atoms with Crippen molar-refractivity contribution >= 4 is 35.1 Å². The van der Waals surface area contributed by atoms with Gasteiger partial charge < -0.3 is 10.1 Å². The van der Waals surface area contributed by atoms with Crippen LogP contribution < -0.4 is 10.2 Å². The maximum absolute atomic E-state index is 12.6. The standard InChI is InChI=1S/C24H18N2O5/c1-2-31-24(30)16-6-5-7-17(14-16)25-21(27)15-10-12-18(13-11-15)26-22(28)19-8-3-4-9-20(19)23(26)29/h3-14H,2H2,1H3,(H,25,27). The van der Waals surface area contributed by atoms with Gasteiger partial charge in [-0.05, 0) is 61.5 Å². The summed E-state index contributed by atoms with van der Waals surface area (Å²) in [5, 5.41) is 2.72. The summed E-state index contributed by atoms with van der Waals surface area (Å²) < 4.78 is 4.96. The minimum Gasteiger partial charge on any atom is -0.462 e. The summed E-state index contributed by atoms with van der Waals surface area (Å²) in [6.07, 6.45) is 0. The molecule has 0 aromatic heterocycles. The van der Waals surface area contributed by atoms with E-state index in [0.29, 0.717) is 33.6 Å². The van der Waals surface area contributed by atoms with Gasteiger partial charge in [0.15, 0.2) is 0 Å². The highest BCUT2D eigenvalue weighted by Crippen LogP contribution is 2.28. The van der Waals surface area contributed by atoms with Crippen LogP contribution in [0, 0.1) is 0 Å². The van der Waals surface area contributed by atoms with Crippen LogP contribution in [-0.4, -0.2) is 30.3 Å². The molecule has 3 amide bonds. The topological polar surface area (TPSA) is 92.8 Å². The van der Waals surface area contributed by atoms with Gasteiger partial charge in [0, 0.05) is 11.3 Å². The molecule has 1 heterocycles. The van der Waals surface area contributed by atoms with Crippen LogP contribution in [0.2, 0.25) is 0 Å². The number of anilines is 2. The average Bonchev–Trinajstić information content (AvgIpc) is 3.04. The maximum Gasteiger partial charge on any atom is 0.338 e. The molecule has 154 valence electrons. The molecule has 1 N–H and O–H groups in total. The number of esters is 1. The maximum atomic E-state index is 12.6. The molecular weight excluding hydrogens is 396 g/mol. The molecule has 7 heteroatoms. The van der Waals surface area contributed by atoms with Crippen LogP contribution in [0.15, 0.2) is 72.8 Å². The van der Waals surface area contributed by atoms with Crippen molar-refractivity contribution in [3.8, 4) is 0 Å². The van der Waals surface area contributed by atoms with E-state index in [-0.39, 0.29) is 6.61 Å². The molecule has 3 aromatic carbocycles. The lowest BCUT2D eigenvalue weighted by Gasteiger charge is -2.14. The number of carbonyl (C=O) groups excluding carboxylic acids is 4. The van der Waals surface area contributed by atoms with Gasteiger partial charge in [0.1, 0.15) is 0 Å². The van der Waals surface area contributed by atoms with Crippen molar-refractivity contribution in [3.05, 3.63) is 95.1 Å². The Balaban J connectivity index is 1.50. The molecule has 1 aliphatic heterocycles. The Hall–Kier alpha value is -4.26. The number of nitrogens with zero attached hydrogens (tertiary/aromatic N) is 1. The van der Waals surface area contributed by atoms with Gasteiger partial charge >= 0.3 is 5.97 Å². The van der Waals surface area contributed by atoms with E-state index < -0.39 is 23.7 Å². The van der Waals surface area contributed by atoms with Crippen molar-refractivity contribution in [2.24, 2.45) is 0 Å². The number of ether oxygens (including phenoxy) is 1. The highest BCUT2D eigenvalue weighted by Gasteiger charge is 2.36. The average molecular weight is 414 g/mol. The van der Waals surface area contributed by atoms with Crippen molar-refractivity contribution in [3.63, 3.8) is 0 Å². The summed E-state index contributed by atoms with van der Waals surface area (Å²) in [4.78, 5) is 50.7. The van der Waals surface area contributed by atoms with E-state index in [2.05, 4.69) is 5.32 Å². The molecule has 0 radical (unpaired) electrons. The third-order valence-electron chi connectivity index (χ3n) is 4.81. The Morgan fingerprint density at radius 2 is 1.48 bits per heavy atom. The van der Waals surface area contributed by atoms with E-state index >= 15 is 0 Å². The van der Waals surface area contributed by atoms with E-state index in [1.165, 1.54) is 18.2 Å². The number of hydrogen-bond acceptors (Lipinski definition) is 5. The molecule has 0 saturated carbocycles. The second-order valence-electron chi connectivity index (χ2n) is 6.79. The second kappa shape index (κ2) is 8.23. The van der Waals surface area contributed by atoms with Gasteiger partial charge in [0.2, 0.25) is 0 Å². The fourth-order valence-corrected chi connectivity index (χ4v) is 3.33. The van der Waals surface area contributed by atoms with Crippen molar-refractivity contribution in [1.29, 1.82) is 0 Å². The highest BCUT2D eigenvalue weighted by atomic mass is 16.5. The predicted octanol–water partition coefficient (Wildman–Crippen LogP) is 3.92. The molecule has 0 atom stereocenters. The molecule has 7 nitrogen and oxygen atoms in total. The largest absolute Gasteiger partial charge is 0.462 e. The van der Waals surface area contributed by atoms with E-state index in [9.17, 15) is 19.2 Å². The molecule has 3 aromatic rings. The Labute approximate surface area is 178 Å². The number of carbonyl (C=O) groups is 4. The van der Waals surface area contributed by atoms with Crippen LogP contribution in [0.1, 0.15) is 48.4 Å². The van der Waals surface area contributed by atoms with Gasteiger partial charge in [0.05, 0.1) is 29.0 Å². The van der Waals surface area contributed by atoms with Gasteiger partial charge in [-0.3, -0.25) is 14.4 Å². The smallest absolute Gasteiger partial charge is 0.338 e. The molecule has 0 fully saturated rings. The van der Waals surface area contributed by atoms with Crippen LogP contribution in [0.3, 0.4) is 0 Å². The number of benzene rings is 3. The predicted molar refractivity (Wildman–Crippen MR) is 114 cm³/mol. The van der Waals surface area contributed by atoms with Gasteiger partial charge in [-0.25, -0.2) is 9.69 Å². The molecule has 31 heavy (non-hydrogen) atoms. The van der Waals surface area contributed by atoms with Gasteiger partial charge in [-0.1, -0.05) is 18.2 Å². The second-order valence-corrected chi connectivity index (χ2v) is 6.79. The summed E-state index contributed by atoms with van der Waals surface area (Å²) >= 11 is 0. The third-order valence-corrected chi connectivity index (χ3v) is 4.81. The molecule has 0 aliphatic carbocycles. The number of fused-ring (bicyclic) bond motifs is 1. The van der Waals surface area contributed by atoms with Crippen molar-refractivity contribution in [2.45, 2.75) is 6.92 Å². The van der Waals surface area contributed by atoms with Crippen LogP contribution in [-0.2, 0) is 4.74 Å². The van der Waals surface area contributed by atoms with Crippen molar-refractivity contribution in [1.82, 2.24) is 0 Å². The lowest BCUT2D eigenvalue weighted by atomic mass is 10.1. The number of nitrogens with one attached hydrogen (secondary N) is 1. The first-order chi connectivity index (χ1) is 15.0. The van der Waals surface area contributed by atoms with Gasteiger partial charge in [-0.15, -0.1) is 0 Å². The monoisotopic (exact) mass is 414 g/mol. The van der Waals surface area contributed by atoms with Gasteiger partial charge in [0.25, 0.3) is 17.7 Å². The minimum atomic E-state index is -0.469. The van der Waals surface area contributed by atoms with Crippen molar-refractivity contribution in [2.75, 3.05) is 16.8 Å². The normalized spacial score (nSPS) is 12.5. The summed E-state index contributed by atoms with van der Waals surface area (Å²) in [6.45, 7) is 1.98. The Bertz CT molecular complexity index is 1170. The first kappa shape index (κ1) is 20.0. The van der Waals surface area contributed by atoms with Crippen LogP contribution in [0.25, 0.3) is 0 Å². The van der Waals surface area contributed by atoms with E-state index in [0.717, 1.165) is 4.90 Å². The summed E-state index contributed by atoms with van der Waals surface area (Å²) in [6, 6.07) is 19.2. The van der Waals surface area contributed by atoms with Crippen LogP contribution in [0.4, 0.5) is 11.4 Å². The number of hydrogen-bond donors (Lipinski definition) is 1. The first-order valence-corrected chi connectivity index (χ1v) is 9.66. The number of imide groups is 1. The molecular formula is C24H18N2O5. The Morgan fingerprint density at radius 1 is 0.839 bits per heavy atom. The molecule has 0 bridgehead atoms. The fraction of sp³-hybridized carbons (Fsp3) is 0.0833.